The van der Waals surface area contributed by atoms with Gasteiger partial charge in [0.25, 0.3) is 17.7 Å². The minimum Gasteiger partial charge on any atom is -0.508 e. The molecule has 3 fully saturated rings. The van der Waals surface area contributed by atoms with Crippen molar-refractivity contribution in [2.75, 3.05) is 85.6 Å². The number of piperidine rings is 3. The zero-order valence-electron chi connectivity index (χ0n) is 51.9. The average Bonchev–Trinajstić information content (AvgIpc) is 0.961. The van der Waals surface area contributed by atoms with Crippen molar-refractivity contribution in [1.29, 1.82) is 0 Å². The Labute approximate surface area is 521 Å². The second-order valence-electron chi connectivity index (χ2n) is 24.8. The van der Waals surface area contributed by atoms with Crippen molar-refractivity contribution in [3.05, 3.63) is 194 Å². The van der Waals surface area contributed by atoms with E-state index in [1.165, 1.54) is 6.07 Å². The van der Waals surface area contributed by atoms with Gasteiger partial charge in [0, 0.05) is 99.5 Å². The van der Waals surface area contributed by atoms with Crippen LogP contribution in [-0.4, -0.2) is 144 Å². The summed E-state index contributed by atoms with van der Waals surface area (Å²) in [4.78, 5) is 52.1. The number of benzene rings is 5. The number of hydrogen-bond donors (Lipinski definition) is 5. The van der Waals surface area contributed by atoms with E-state index in [0.717, 1.165) is 127 Å². The van der Waals surface area contributed by atoms with Gasteiger partial charge in [0.05, 0.1) is 29.5 Å². The van der Waals surface area contributed by atoms with E-state index in [0.29, 0.717) is 110 Å². The quantitative estimate of drug-likeness (QED) is 0.0585. The summed E-state index contributed by atoms with van der Waals surface area (Å²) in [6, 6.07) is 29.5. The number of halogens is 1. The van der Waals surface area contributed by atoms with E-state index in [4.69, 9.17) is 19.2 Å². The van der Waals surface area contributed by atoms with Crippen LogP contribution in [0.3, 0.4) is 0 Å². The summed E-state index contributed by atoms with van der Waals surface area (Å²) < 4.78 is 36.9. The number of amides is 3. The van der Waals surface area contributed by atoms with E-state index in [2.05, 4.69) is 40.2 Å². The number of nitrogens with zero attached hydrogens (tertiary/aromatic N) is 4. The molecule has 0 atom stereocenters. The second kappa shape index (κ2) is 25.7. The molecule has 15 nitrogen and oxygen atoms in total. The molecule has 5 N–H and O–H groups in total. The summed E-state index contributed by atoms with van der Waals surface area (Å²) in [7, 11) is 1.65. The Morgan fingerprint density at radius 2 is 1.04 bits per heavy atom. The van der Waals surface area contributed by atoms with Crippen LogP contribution in [0.15, 0.2) is 121 Å². The molecule has 3 amide bonds. The van der Waals surface area contributed by atoms with Gasteiger partial charge >= 0.3 is 0 Å². The SMILES string of the molecule is CCN(CC)C(=O)c1ccc(C2=CC3(CCNCC3)Oc3cc(CCN(CC)C(=O)c4ccc(C5=CC6(CCNCC6)Oc6cc(CCN(CC)C(=O)c7ccc(C8=CC9(CCNCC9)Cc9cc(O)cc(O)c98)cc7)cc(F)c65)cc4)cc(OC)c32)nc1. The third-order valence-electron chi connectivity index (χ3n) is 19.3. The van der Waals surface area contributed by atoms with Crippen molar-refractivity contribution in [1.82, 2.24) is 35.6 Å². The fourth-order valence-electron chi connectivity index (χ4n) is 14.3. The number of likely N-dealkylation sites (N-methyl/N-ethyl adjacent to an activating group) is 2. The van der Waals surface area contributed by atoms with E-state index in [9.17, 15) is 24.6 Å². The van der Waals surface area contributed by atoms with Gasteiger partial charge < -0.3 is 55.1 Å². The van der Waals surface area contributed by atoms with Crippen LogP contribution in [-0.2, 0) is 19.3 Å². The van der Waals surface area contributed by atoms with Gasteiger partial charge in [-0.05, 0) is 222 Å². The molecule has 3 saturated heterocycles. The zero-order chi connectivity index (χ0) is 62.0. The Bertz CT molecular complexity index is 3740. The molecule has 6 aliphatic rings. The van der Waals surface area contributed by atoms with Crippen LogP contribution in [0.25, 0.3) is 16.7 Å². The first-order valence-electron chi connectivity index (χ1n) is 32.0. The third kappa shape index (κ3) is 12.3. The van der Waals surface area contributed by atoms with Crippen LogP contribution in [0, 0.1) is 11.2 Å². The van der Waals surface area contributed by atoms with Crippen molar-refractivity contribution >= 4 is 34.4 Å². The molecular formula is C73H82FN7O8. The van der Waals surface area contributed by atoms with Crippen LogP contribution in [0.4, 0.5) is 4.39 Å². The molecule has 5 aliphatic heterocycles. The molecule has 89 heavy (non-hydrogen) atoms. The highest BCUT2D eigenvalue weighted by atomic mass is 19.1. The summed E-state index contributed by atoms with van der Waals surface area (Å²) in [6.45, 7) is 15.7. The monoisotopic (exact) mass is 1200 g/mol. The number of carbonyl (C=O) groups excluding carboxylic acids is 3. The lowest BCUT2D eigenvalue weighted by Crippen LogP contribution is -2.46. The maximum atomic E-state index is 16.9. The first-order valence-corrected chi connectivity index (χ1v) is 32.0. The number of phenolic OH excluding ortho intramolecular Hbond substituents is 2. The number of rotatable bonds is 17. The first-order chi connectivity index (χ1) is 43.2. The molecule has 1 aromatic heterocycles. The van der Waals surface area contributed by atoms with Gasteiger partial charge in [0.2, 0.25) is 0 Å². The summed E-state index contributed by atoms with van der Waals surface area (Å²) in [5.41, 5.74) is 9.65. The predicted octanol–water partition coefficient (Wildman–Crippen LogP) is 10.8. The van der Waals surface area contributed by atoms with E-state index in [-0.39, 0.29) is 34.6 Å². The van der Waals surface area contributed by atoms with Crippen LogP contribution < -0.4 is 30.2 Å². The molecule has 1 aliphatic carbocycles. The maximum Gasteiger partial charge on any atom is 0.255 e. The van der Waals surface area contributed by atoms with Gasteiger partial charge in [0.1, 0.15) is 45.8 Å². The lowest BCUT2D eigenvalue weighted by Gasteiger charge is -2.40. The normalized spacial score (nSPS) is 17.6. The Kier molecular flexibility index (Phi) is 17.6. The summed E-state index contributed by atoms with van der Waals surface area (Å²) in [6.07, 6.45) is 14.7. The van der Waals surface area contributed by atoms with E-state index < -0.39 is 17.0 Å². The molecule has 0 unspecified atom stereocenters. The van der Waals surface area contributed by atoms with Gasteiger partial charge in [-0.15, -0.1) is 0 Å². The fraction of sp³-hybridized carbons (Fsp3) is 0.397. The summed E-state index contributed by atoms with van der Waals surface area (Å²) >= 11 is 0. The van der Waals surface area contributed by atoms with E-state index in [1.54, 1.807) is 35.2 Å². The van der Waals surface area contributed by atoms with Gasteiger partial charge in [-0.3, -0.25) is 19.4 Å². The van der Waals surface area contributed by atoms with Gasteiger partial charge in [0.15, 0.2) is 0 Å². The molecule has 16 heteroatoms. The van der Waals surface area contributed by atoms with Crippen LogP contribution >= 0.6 is 0 Å². The molecule has 6 heterocycles. The lowest BCUT2D eigenvalue weighted by atomic mass is 9.67. The second-order valence-corrected chi connectivity index (χ2v) is 24.8. The summed E-state index contributed by atoms with van der Waals surface area (Å²) in [5.74, 6) is 1.15. The standard InChI is InChI=1S/C73H82FN7O8/c1-6-79(7-2)70(86)53-18-19-60(78-46-53)58-45-73(26-32-77-33-27-73)89-64-39-48(37-62(87-5)67(58)64)21-35-81(9-4)69(85)52-16-12-50(13-17-52)57-44-72(24-30-76-31-25-72)88-63-38-47(36-59(74)66(57)63)20-34-80(8-3)68(84)51-14-10-49(11-15-51)56-43-71(22-28-75-29-23-71)42-54-40-55(82)41-61(83)65(54)56/h10-19,36-41,43-46,75-77,82-83H,6-9,20-35,42H2,1-5H3. The largest absolute Gasteiger partial charge is 0.508 e. The van der Waals surface area contributed by atoms with Crippen LogP contribution in [0.1, 0.15) is 147 Å². The summed E-state index contributed by atoms with van der Waals surface area (Å²) in [5, 5.41) is 32.0. The number of hydrogen-bond acceptors (Lipinski definition) is 12. The lowest BCUT2D eigenvalue weighted by molar-refractivity contribution is 0.0757. The van der Waals surface area contributed by atoms with E-state index in [1.807, 2.05) is 105 Å². The number of pyridine rings is 1. The molecule has 6 aromatic rings. The number of ether oxygens (including phenoxy) is 3. The number of aromatic nitrogens is 1. The molecule has 12 rings (SSSR count). The van der Waals surface area contributed by atoms with Crippen molar-refractivity contribution in [3.8, 4) is 28.7 Å². The fourth-order valence-corrected chi connectivity index (χ4v) is 14.3. The molecule has 3 spiro atoms. The molecule has 0 radical (unpaired) electrons. The minimum atomic E-state index is -0.667. The topological polar surface area (TPSA) is 178 Å². The Morgan fingerprint density at radius 3 is 1.56 bits per heavy atom. The number of nitrogens with one attached hydrogen (secondary N) is 3. The van der Waals surface area contributed by atoms with Crippen molar-refractivity contribution < 1.29 is 43.2 Å². The highest BCUT2D eigenvalue weighted by molar-refractivity contribution is 5.97. The zero-order valence-corrected chi connectivity index (χ0v) is 51.9. The average molecular weight is 1200 g/mol. The van der Waals surface area contributed by atoms with Crippen LogP contribution in [0.5, 0.6) is 28.7 Å². The molecule has 0 bridgehead atoms. The Hall–Kier alpha value is -8.31. The smallest absolute Gasteiger partial charge is 0.255 e. The number of fused-ring (bicyclic) bond motifs is 3. The highest BCUT2D eigenvalue weighted by Gasteiger charge is 2.42. The van der Waals surface area contributed by atoms with Crippen molar-refractivity contribution in [2.45, 2.75) is 96.7 Å². The van der Waals surface area contributed by atoms with Gasteiger partial charge in [-0.25, -0.2) is 4.39 Å². The Balaban J connectivity index is 0.740. The number of methoxy groups -OCH3 is 1. The molecular weight excluding hydrogens is 1120 g/mol. The number of phenols is 2. The van der Waals surface area contributed by atoms with Crippen molar-refractivity contribution in [2.24, 2.45) is 5.41 Å². The maximum absolute atomic E-state index is 16.9. The van der Waals surface area contributed by atoms with Crippen LogP contribution in [0.2, 0.25) is 0 Å². The molecule has 464 valence electrons. The molecule has 0 saturated carbocycles. The highest BCUT2D eigenvalue weighted by Crippen LogP contribution is 2.50. The first kappa shape index (κ1) is 61.0. The van der Waals surface area contributed by atoms with E-state index >= 15 is 4.39 Å². The Morgan fingerprint density at radius 1 is 0.562 bits per heavy atom. The number of allylic oxidation sites excluding steroid dienone is 1. The van der Waals surface area contributed by atoms with Gasteiger partial charge in [-0.2, -0.15) is 0 Å². The third-order valence-corrected chi connectivity index (χ3v) is 19.3. The van der Waals surface area contributed by atoms with Crippen molar-refractivity contribution in [3.63, 3.8) is 0 Å². The molecule has 5 aromatic carbocycles. The number of carbonyl (C=O) groups is 3. The number of aromatic hydroxyl groups is 2. The predicted molar refractivity (Wildman–Crippen MR) is 345 cm³/mol. The minimum absolute atomic E-state index is 0.0360. The van der Waals surface area contributed by atoms with Gasteiger partial charge in [-0.1, -0.05) is 30.3 Å².